The van der Waals surface area contributed by atoms with Gasteiger partial charge in [0, 0.05) is 5.92 Å². The van der Waals surface area contributed by atoms with Gasteiger partial charge in [0.05, 0.1) is 26.7 Å². The van der Waals surface area contributed by atoms with E-state index in [4.69, 9.17) is 14.6 Å². The number of hydrogen-bond acceptors (Lipinski definition) is 4. The zero-order valence-corrected chi connectivity index (χ0v) is 13.0. The zero-order chi connectivity index (χ0) is 16.3. The smallest absolute Gasteiger partial charge is 0.305 e. The highest BCUT2D eigenvalue weighted by Gasteiger charge is 2.40. The van der Waals surface area contributed by atoms with E-state index in [1.54, 1.807) is 18.2 Å². The summed E-state index contributed by atoms with van der Waals surface area (Å²) in [6.45, 7) is 2.01. The van der Waals surface area contributed by atoms with E-state index in [0.717, 1.165) is 6.42 Å². The van der Waals surface area contributed by atoms with Gasteiger partial charge in [-0.05, 0) is 30.0 Å². The fourth-order valence-electron chi connectivity index (χ4n) is 2.46. The maximum Gasteiger partial charge on any atom is 0.305 e. The van der Waals surface area contributed by atoms with Crippen molar-refractivity contribution in [1.82, 2.24) is 5.32 Å². The third kappa shape index (κ3) is 3.69. The lowest BCUT2D eigenvalue weighted by molar-refractivity contribution is -0.137. The molecule has 0 aromatic heterocycles. The molecule has 2 rings (SSSR count). The van der Waals surface area contributed by atoms with E-state index in [0.29, 0.717) is 23.0 Å². The van der Waals surface area contributed by atoms with Gasteiger partial charge in [0.25, 0.3) is 0 Å². The van der Waals surface area contributed by atoms with Crippen LogP contribution < -0.4 is 14.8 Å². The Balaban J connectivity index is 2.20. The van der Waals surface area contributed by atoms with Crippen LogP contribution in [0.4, 0.5) is 0 Å². The Kier molecular flexibility index (Phi) is 4.90. The summed E-state index contributed by atoms with van der Waals surface area (Å²) in [6, 6.07) is 4.56. The van der Waals surface area contributed by atoms with Crippen molar-refractivity contribution < 1.29 is 24.2 Å². The minimum Gasteiger partial charge on any atom is -0.493 e. The SMILES string of the molecule is COc1ccc([C@H](CC(=O)O)NC(=O)[C@@H]2C[C@@H]2C)cc1OC. The average molecular weight is 307 g/mol. The van der Waals surface area contributed by atoms with Gasteiger partial charge in [0.15, 0.2) is 11.5 Å². The molecule has 6 heteroatoms. The first-order chi connectivity index (χ1) is 10.5. The summed E-state index contributed by atoms with van der Waals surface area (Å²) in [6.07, 6.45) is 0.680. The van der Waals surface area contributed by atoms with E-state index in [-0.39, 0.29) is 18.2 Å². The van der Waals surface area contributed by atoms with E-state index >= 15 is 0 Å². The van der Waals surface area contributed by atoms with Crippen LogP contribution in [0.25, 0.3) is 0 Å². The lowest BCUT2D eigenvalue weighted by Crippen LogP contribution is -2.31. The molecule has 0 heterocycles. The highest BCUT2D eigenvalue weighted by Crippen LogP contribution is 2.38. The molecule has 6 nitrogen and oxygen atoms in total. The van der Waals surface area contributed by atoms with Crippen LogP contribution in [0.15, 0.2) is 18.2 Å². The fourth-order valence-corrected chi connectivity index (χ4v) is 2.46. The van der Waals surface area contributed by atoms with Crippen LogP contribution in [-0.2, 0) is 9.59 Å². The summed E-state index contributed by atoms with van der Waals surface area (Å²) in [4.78, 5) is 23.2. The van der Waals surface area contributed by atoms with Gasteiger partial charge in [-0.15, -0.1) is 0 Å². The largest absolute Gasteiger partial charge is 0.493 e. The summed E-state index contributed by atoms with van der Waals surface area (Å²) < 4.78 is 10.4. The molecule has 1 fully saturated rings. The molecule has 0 saturated heterocycles. The van der Waals surface area contributed by atoms with Gasteiger partial charge in [-0.3, -0.25) is 9.59 Å². The third-order valence-corrected chi connectivity index (χ3v) is 3.95. The molecule has 1 aliphatic rings. The molecule has 1 aromatic rings. The lowest BCUT2D eigenvalue weighted by atomic mass is 10.0. The first kappa shape index (κ1) is 16.1. The molecule has 0 spiro atoms. The van der Waals surface area contributed by atoms with Gasteiger partial charge in [0.1, 0.15) is 0 Å². The number of ether oxygens (including phenoxy) is 2. The van der Waals surface area contributed by atoms with Crippen molar-refractivity contribution in [3.05, 3.63) is 23.8 Å². The Hall–Kier alpha value is -2.24. The lowest BCUT2D eigenvalue weighted by Gasteiger charge is -2.19. The molecule has 1 amide bonds. The molecule has 0 radical (unpaired) electrons. The number of methoxy groups -OCH3 is 2. The molecule has 0 aliphatic heterocycles. The van der Waals surface area contributed by atoms with Gasteiger partial charge in [-0.25, -0.2) is 0 Å². The molecule has 0 unspecified atom stereocenters. The van der Waals surface area contributed by atoms with Crippen molar-refractivity contribution in [2.24, 2.45) is 11.8 Å². The molecule has 1 saturated carbocycles. The fraction of sp³-hybridized carbons (Fsp3) is 0.500. The van der Waals surface area contributed by atoms with Crippen molar-refractivity contribution in [2.75, 3.05) is 14.2 Å². The molecule has 1 aromatic carbocycles. The second kappa shape index (κ2) is 6.68. The normalized spacial score (nSPS) is 20.9. The van der Waals surface area contributed by atoms with E-state index in [1.807, 2.05) is 6.92 Å². The number of rotatable bonds is 7. The van der Waals surface area contributed by atoms with Crippen LogP contribution in [0.2, 0.25) is 0 Å². The van der Waals surface area contributed by atoms with Crippen molar-refractivity contribution in [1.29, 1.82) is 0 Å². The number of carboxylic acid groups (broad SMARTS) is 1. The Labute approximate surface area is 129 Å². The van der Waals surface area contributed by atoms with Crippen molar-refractivity contribution >= 4 is 11.9 Å². The molecule has 3 atom stereocenters. The number of aliphatic carboxylic acids is 1. The first-order valence-corrected chi connectivity index (χ1v) is 7.20. The Morgan fingerprint density at radius 3 is 2.45 bits per heavy atom. The summed E-state index contributed by atoms with van der Waals surface area (Å²) in [5.74, 6) is 0.372. The number of carbonyl (C=O) groups excluding carboxylic acids is 1. The molecular weight excluding hydrogens is 286 g/mol. The number of amides is 1. The van der Waals surface area contributed by atoms with Crippen LogP contribution in [-0.4, -0.2) is 31.2 Å². The highest BCUT2D eigenvalue weighted by molar-refractivity contribution is 5.82. The summed E-state index contributed by atoms with van der Waals surface area (Å²) in [5, 5.41) is 11.9. The summed E-state index contributed by atoms with van der Waals surface area (Å²) in [5.41, 5.74) is 0.682. The Morgan fingerprint density at radius 2 is 1.95 bits per heavy atom. The van der Waals surface area contributed by atoms with Crippen LogP contribution in [0.5, 0.6) is 11.5 Å². The molecular formula is C16H21NO5. The zero-order valence-electron chi connectivity index (χ0n) is 13.0. The standard InChI is InChI=1S/C16H21NO5/c1-9-6-11(9)16(20)17-12(8-15(18)19)10-4-5-13(21-2)14(7-10)22-3/h4-5,7,9,11-12H,6,8H2,1-3H3,(H,17,20)(H,18,19)/t9-,11+,12-/m0/s1. The van der Waals surface area contributed by atoms with E-state index in [1.165, 1.54) is 14.2 Å². The van der Waals surface area contributed by atoms with Crippen molar-refractivity contribution in [2.45, 2.75) is 25.8 Å². The van der Waals surface area contributed by atoms with Gasteiger partial charge in [-0.1, -0.05) is 13.0 Å². The topological polar surface area (TPSA) is 84.9 Å². The van der Waals surface area contributed by atoms with E-state index in [2.05, 4.69) is 5.32 Å². The molecule has 22 heavy (non-hydrogen) atoms. The minimum atomic E-state index is -0.969. The number of nitrogens with one attached hydrogen (secondary N) is 1. The highest BCUT2D eigenvalue weighted by atomic mass is 16.5. The Bertz CT molecular complexity index is 572. The van der Waals surface area contributed by atoms with Crippen LogP contribution in [0, 0.1) is 11.8 Å². The number of carbonyl (C=O) groups is 2. The monoisotopic (exact) mass is 307 g/mol. The van der Waals surface area contributed by atoms with E-state index < -0.39 is 12.0 Å². The molecule has 0 bridgehead atoms. The van der Waals surface area contributed by atoms with Crippen molar-refractivity contribution in [3.63, 3.8) is 0 Å². The second-order valence-electron chi connectivity index (χ2n) is 5.59. The average Bonchev–Trinajstić information content (AvgIpc) is 3.22. The second-order valence-corrected chi connectivity index (χ2v) is 5.59. The van der Waals surface area contributed by atoms with Crippen LogP contribution >= 0.6 is 0 Å². The molecule has 1 aliphatic carbocycles. The van der Waals surface area contributed by atoms with Gasteiger partial charge < -0.3 is 19.9 Å². The molecule has 2 N–H and O–H groups in total. The number of hydrogen-bond donors (Lipinski definition) is 2. The van der Waals surface area contributed by atoms with Crippen molar-refractivity contribution in [3.8, 4) is 11.5 Å². The summed E-state index contributed by atoms with van der Waals surface area (Å²) >= 11 is 0. The third-order valence-electron chi connectivity index (χ3n) is 3.95. The first-order valence-electron chi connectivity index (χ1n) is 7.20. The predicted octanol–water partition coefficient (Wildman–Crippen LogP) is 1.99. The van der Waals surface area contributed by atoms with Gasteiger partial charge in [0.2, 0.25) is 5.91 Å². The predicted molar refractivity (Wildman–Crippen MR) is 80.0 cm³/mol. The summed E-state index contributed by atoms with van der Waals surface area (Å²) in [7, 11) is 3.04. The van der Waals surface area contributed by atoms with Gasteiger partial charge >= 0.3 is 5.97 Å². The maximum atomic E-state index is 12.1. The number of carboxylic acids is 1. The molecule has 120 valence electrons. The minimum absolute atomic E-state index is 0.00330. The maximum absolute atomic E-state index is 12.1. The van der Waals surface area contributed by atoms with Gasteiger partial charge in [-0.2, -0.15) is 0 Å². The quantitative estimate of drug-likeness (QED) is 0.804. The number of benzene rings is 1. The van der Waals surface area contributed by atoms with Crippen LogP contribution in [0.1, 0.15) is 31.4 Å². The van der Waals surface area contributed by atoms with Crippen LogP contribution in [0.3, 0.4) is 0 Å². The Morgan fingerprint density at radius 1 is 1.32 bits per heavy atom. The van der Waals surface area contributed by atoms with E-state index in [9.17, 15) is 9.59 Å².